The van der Waals surface area contributed by atoms with Crippen LogP contribution < -0.4 is 0 Å². The monoisotopic (exact) mass is 567 g/mol. The summed E-state index contributed by atoms with van der Waals surface area (Å²) in [6, 6.07) is 49.1. The number of pyridine rings is 1. The third-order valence-corrected chi connectivity index (χ3v) is 8.92. The smallest absolute Gasteiger partial charge is 0.160 e. The van der Waals surface area contributed by atoms with Crippen LogP contribution >= 0.6 is 11.3 Å². The molecule has 0 aliphatic rings. The highest BCUT2D eigenvalue weighted by Crippen LogP contribution is 2.42. The van der Waals surface area contributed by atoms with Gasteiger partial charge >= 0.3 is 0 Å². The molecule has 0 spiro atoms. The minimum Gasteiger partial charge on any atom is -0.265 e. The number of rotatable bonds is 5. The van der Waals surface area contributed by atoms with Crippen molar-refractivity contribution < 1.29 is 0 Å². The number of thiophene rings is 1. The molecule has 0 saturated carbocycles. The number of fused-ring (bicyclic) bond motifs is 3. The van der Waals surface area contributed by atoms with E-state index in [1.54, 1.807) is 12.4 Å². The van der Waals surface area contributed by atoms with Gasteiger partial charge in [-0.05, 0) is 70.8 Å². The number of hydrogen-bond donors (Lipinski definition) is 0. The normalized spacial score (nSPS) is 11.3. The van der Waals surface area contributed by atoms with E-state index < -0.39 is 0 Å². The topological polar surface area (TPSA) is 38.7 Å². The first kappa shape index (κ1) is 25.3. The van der Waals surface area contributed by atoms with Gasteiger partial charge in [-0.25, -0.2) is 9.97 Å². The van der Waals surface area contributed by atoms with Crippen molar-refractivity contribution >= 4 is 31.5 Å². The molecule has 202 valence electrons. The van der Waals surface area contributed by atoms with Crippen LogP contribution in [0.2, 0.25) is 0 Å². The molecular formula is C39H25N3S. The third kappa shape index (κ3) is 4.78. The Morgan fingerprint density at radius 1 is 0.419 bits per heavy atom. The Bertz CT molecular complexity index is 2170. The molecule has 3 heterocycles. The number of aromatic nitrogens is 3. The predicted octanol–water partition coefficient (Wildman–Crippen LogP) is 10.6. The molecule has 0 radical (unpaired) electrons. The van der Waals surface area contributed by atoms with Crippen molar-refractivity contribution in [3.63, 3.8) is 0 Å². The first-order chi connectivity index (χ1) is 21.3. The summed E-state index contributed by atoms with van der Waals surface area (Å²) >= 11 is 1.85. The zero-order valence-corrected chi connectivity index (χ0v) is 24.0. The Hall–Kier alpha value is -5.45. The maximum Gasteiger partial charge on any atom is 0.160 e. The fourth-order valence-corrected chi connectivity index (χ4v) is 6.86. The minimum absolute atomic E-state index is 0.677. The van der Waals surface area contributed by atoms with Crippen LogP contribution in [0.1, 0.15) is 0 Å². The summed E-state index contributed by atoms with van der Waals surface area (Å²) in [5.41, 5.74) is 9.49. The summed E-state index contributed by atoms with van der Waals surface area (Å²) in [7, 11) is 0. The molecular weight excluding hydrogens is 543 g/mol. The Morgan fingerprint density at radius 2 is 1.05 bits per heavy atom. The minimum atomic E-state index is 0.677. The fourth-order valence-electron chi connectivity index (χ4n) is 5.73. The van der Waals surface area contributed by atoms with Gasteiger partial charge < -0.3 is 0 Å². The van der Waals surface area contributed by atoms with Gasteiger partial charge in [0.05, 0.1) is 11.4 Å². The second-order valence-corrected chi connectivity index (χ2v) is 11.6. The van der Waals surface area contributed by atoms with Gasteiger partial charge in [-0.2, -0.15) is 0 Å². The zero-order valence-electron chi connectivity index (χ0n) is 23.2. The average Bonchev–Trinajstić information content (AvgIpc) is 3.48. The van der Waals surface area contributed by atoms with Gasteiger partial charge in [0, 0.05) is 49.3 Å². The first-order valence-corrected chi connectivity index (χ1v) is 15.1. The van der Waals surface area contributed by atoms with E-state index in [-0.39, 0.29) is 0 Å². The van der Waals surface area contributed by atoms with Gasteiger partial charge in [0.2, 0.25) is 0 Å². The Kier molecular flexibility index (Phi) is 6.32. The van der Waals surface area contributed by atoms with E-state index in [4.69, 9.17) is 9.97 Å². The second kappa shape index (κ2) is 10.8. The van der Waals surface area contributed by atoms with Crippen LogP contribution in [0.4, 0.5) is 0 Å². The van der Waals surface area contributed by atoms with E-state index in [2.05, 4.69) is 114 Å². The maximum atomic E-state index is 5.13. The van der Waals surface area contributed by atoms with Gasteiger partial charge in [0.25, 0.3) is 0 Å². The molecule has 0 bridgehead atoms. The molecule has 0 saturated heterocycles. The summed E-state index contributed by atoms with van der Waals surface area (Å²) in [4.78, 5) is 14.3. The quantitative estimate of drug-likeness (QED) is 0.208. The SMILES string of the molecule is c1ccc(-c2cc(-c3cc(-c4ccccc4)nc(-c4ccncc4)n3)cc(-c3cccc4sc5ccccc5c34)c2)cc1. The van der Waals surface area contributed by atoms with Crippen molar-refractivity contribution in [2.45, 2.75) is 0 Å². The molecule has 8 rings (SSSR count). The van der Waals surface area contributed by atoms with Gasteiger partial charge in [-0.15, -0.1) is 11.3 Å². The van der Waals surface area contributed by atoms with Crippen LogP contribution in [0, 0.1) is 0 Å². The molecule has 0 aliphatic carbocycles. The van der Waals surface area contributed by atoms with Gasteiger partial charge in [-0.1, -0.05) is 91.0 Å². The number of nitrogens with zero attached hydrogens (tertiary/aromatic N) is 3. The van der Waals surface area contributed by atoms with Crippen LogP contribution in [-0.2, 0) is 0 Å². The largest absolute Gasteiger partial charge is 0.265 e. The summed E-state index contributed by atoms with van der Waals surface area (Å²) in [5.74, 6) is 0.677. The van der Waals surface area contributed by atoms with Crippen molar-refractivity contribution in [2.75, 3.05) is 0 Å². The molecule has 3 nitrogen and oxygen atoms in total. The summed E-state index contributed by atoms with van der Waals surface area (Å²) < 4.78 is 2.59. The lowest BCUT2D eigenvalue weighted by Crippen LogP contribution is -1.96. The Morgan fingerprint density at radius 3 is 1.84 bits per heavy atom. The summed E-state index contributed by atoms with van der Waals surface area (Å²) in [6.45, 7) is 0. The predicted molar refractivity (Wildman–Crippen MR) is 180 cm³/mol. The lowest BCUT2D eigenvalue weighted by molar-refractivity contribution is 1.18. The molecule has 0 N–H and O–H groups in total. The highest BCUT2D eigenvalue weighted by molar-refractivity contribution is 7.25. The van der Waals surface area contributed by atoms with E-state index in [0.29, 0.717) is 5.82 Å². The molecule has 43 heavy (non-hydrogen) atoms. The van der Waals surface area contributed by atoms with Gasteiger partial charge in [-0.3, -0.25) is 4.98 Å². The molecule has 5 aromatic carbocycles. The van der Waals surface area contributed by atoms with Crippen molar-refractivity contribution in [2.24, 2.45) is 0 Å². The second-order valence-electron chi connectivity index (χ2n) is 10.5. The average molecular weight is 568 g/mol. The molecule has 3 aromatic heterocycles. The lowest BCUT2D eigenvalue weighted by Gasteiger charge is -2.14. The van der Waals surface area contributed by atoms with Crippen molar-refractivity contribution in [3.05, 3.63) is 152 Å². The number of benzene rings is 5. The fraction of sp³-hybridized carbons (Fsp3) is 0. The van der Waals surface area contributed by atoms with Crippen LogP contribution in [0.15, 0.2) is 152 Å². The molecule has 4 heteroatoms. The first-order valence-electron chi connectivity index (χ1n) is 14.3. The van der Waals surface area contributed by atoms with Crippen LogP contribution in [-0.4, -0.2) is 15.0 Å². The van der Waals surface area contributed by atoms with Crippen LogP contribution in [0.25, 0.3) is 76.3 Å². The highest BCUT2D eigenvalue weighted by atomic mass is 32.1. The zero-order chi connectivity index (χ0) is 28.6. The van der Waals surface area contributed by atoms with E-state index in [0.717, 1.165) is 39.2 Å². The van der Waals surface area contributed by atoms with Gasteiger partial charge in [0.15, 0.2) is 5.82 Å². The molecule has 0 aliphatic heterocycles. The van der Waals surface area contributed by atoms with Crippen LogP contribution in [0.3, 0.4) is 0 Å². The molecule has 0 fully saturated rings. The van der Waals surface area contributed by atoms with Crippen molar-refractivity contribution in [1.82, 2.24) is 15.0 Å². The third-order valence-electron chi connectivity index (χ3n) is 7.78. The van der Waals surface area contributed by atoms with E-state index in [1.807, 2.05) is 41.7 Å². The van der Waals surface area contributed by atoms with Crippen molar-refractivity contribution in [1.29, 1.82) is 0 Å². The molecule has 8 aromatic rings. The lowest BCUT2D eigenvalue weighted by atomic mass is 9.92. The standard InChI is InChI=1S/C39H25N3S/c1-3-10-26(11-4-1)29-22-30(32-15-9-17-37-38(32)33-14-7-8-16-36(33)43-37)24-31(23-29)35-25-34(27-12-5-2-6-13-27)41-39(42-35)28-18-20-40-21-19-28/h1-25H. The van der Waals surface area contributed by atoms with E-state index in [9.17, 15) is 0 Å². The maximum absolute atomic E-state index is 5.13. The van der Waals surface area contributed by atoms with E-state index >= 15 is 0 Å². The molecule has 0 atom stereocenters. The van der Waals surface area contributed by atoms with Gasteiger partial charge in [0.1, 0.15) is 0 Å². The molecule has 0 amide bonds. The highest BCUT2D eigenvalue weighted by Gasteiger charge is 2.16. The summed E-state index contributed by atoms with van der Waals surface area (Å²) in [5, 5.41) is 2.59. The van der Waals surface area contributed by atoms with E-state index in [1.165, 1.54) is 31.3 Å². The Balaban J connectivity index is 1.40. The Labute approximate surface area is 253 Å². The summed E-state index contributed by atoms with van der Waals surface area (Å²) in [6.07, 6.45) is 3.57. The van der Waals surface area contributed by atoms with Crippen molar-refractivity contribution in [3.8, 4) is 56.2 Å². The number of hydrogen-bond acceptors (Lipinski definition) is 4. The molecule has 0 unspecified atom stereocenters. The van der Waals surface area contributed by atoms with Crippen LogP contribution in [0.5, 0.6) is 0 Å².